The van der Waals surface area contributed by atoms with Crippen molar-refractivity contribution in [2.75, 3.05) is 26.0 Å². The Hall–Kier alpha value is -3.45. The first-order valence-electron chi connectivity index (χ1n) is 7.66. The minimum absolute atomic E-state index is 0.0855. The van der Waals surface area contributed by atoms with Gasteiger partial charge in [-0.05, 0) is 24.6 Å². The van der Waals surface area contributed by atoms with Crippen molar-refractivity contribution in [2.24, 2.45) is 0 Å². The van der Waals surface area contributed by atoms with Crippen LogP contribution in [-0.2, 0) is 4.79 Å². The van der Waals surface area contributed by atoms with Crippen molar-refractivity contribution in [3.63, 3.8) is 0 Å². The van der Waals surface area contributed by atoms with E-state index in [-0.39, 0.29) is 28.8 Å². The highest BCUT2D eigenvalue weighted by Gasteiger charge is 2.22. The van der Waals surface area contributed by atoms with Crippen molar-refractivity contribution < 1.29 is 19.2 Å². The van der Waals surface area contributed by atoms with Crippen LogP contribution in [0, 0.1) is 28.4 Å². The minimum Gasteiger partial charge on any atom is -0.484 e. The summed E-state index contributed by atoms with van der Waals surface area (Å²) in [6.07, 6.45) is 0. The van der Waals surface area contributed by atoms with E-state index < -0.39 is 10.8 Å². The van der Waals surface area contributed by atoms with Crippen LogP contribution in [0.2, 0.25) is 0 Å². The molecule has 0 atom stereocenters. The van der Waals surface area contributed by atoms with Crippen LogP contribution in [0.4, 0.5) is 10.7 Å². The number of thiophene rings is 1. The molecule has 1 aromatic carbocycles. The first kappa shape index (κ1) is 19.9. The zero-order valence-electron chi connectivity index (χ0n) is 14.8. The quantitative estimate of drug-likeness (QED) is 0.599. The predicted octanol–water partition coefficient (Wildman–Crippen LogP) is 2.56. The van der Waals surface area contributed by atoms with E-state index in [1.807, 2.05) is 6.07 Å². The number of carbonyl (C=O) groups is 2. The molecule has 2 amide bonds. The average molecular weight is 388 g/mol. The van der Waals surface area contributed by atoms with Gasteiger partial charge < -0.3 is 15.0 Å². The summed E-state index contributed by atoms with van der Waals surface area (Å²) in [7, 11) is 3.20. The molecule has 10 heteroatoms. The number of rotatable bonds is 6. The standard InChI is InChI=1S/C17H16N4O5S/c1-10-13(8-18)16(27-15(10)17(23)20(2)3)19-14(22)9-26-12-6-4-11(5-7-12)21(24)25/h4-7H,9H2,1-3H3,(H,19,22). The van der Waals surface area contributed by atoms with Gasteiger partial charge in [0.15, 0.2) is 6.61 Å². The number of non-ortho nitro benzene ring substituents is 1. The van der Waals surface area contributed by atoms with Gasteiger partial charge in [-0.25, -0.2) is 0 Å². The molecule has 0 aliphatic rings. The summed E-state index contributed by atoms with van der Waals surface area (Å²) in [6.45, 7) is 1.30. The lowest BCUT2D eigenvalue weighted by Crippen LogP contribution is -2.21. The summed E-state index contributed by atoms with van der Waals surface area (Å²) >= 11 is 1.03. The molecule has 0 aliphatic heterocycles. The number of carbonyl (C=O) groups excluding carboxylic acids is 2. The zero-order valence-corrected chi connectivity index (χ0v) is 15.6. The number of hydrogen-bond donors (Lipinski definition) is 1. The van der Waals surface area contributed by atoms with Crippen molar-refractivity contribution in [1.29, 1.82) is 5.26 Å². The number of nitrogens with one attached hydrogen (secondary N) is 1. The fourth-order valence-electron chi connectivity index (χ4n) is 2.12. The van der Waals surface area contributed by atoms with E-state index in [1.165, 1.54) is 29.2 Å². The monoisotopic (exact) mass is 388 g/mol. The number of ether oxygens (including phenoxy) is 1. The maximum Gasteiger partial charge on any atom is 0.269 e. The molecule has 0 fully saturated rings. The second-order valence-electron chi connectivity index (χ2n) is 5.66. The van der Waals surface area contributed by atoms with Crippen LogP contribution in [-0.4, -0.2) is 42.3 Å². The first-order chi connectivity index (χ1) is 12.7. The fraction of sp³-hybridized carbons (Fsp3) is 0.235. The van der Waals surface area contributed by atoms with Crippen molar-refractivity contribution in [2.45, 2.75) is 6.92 Å². The van der Waals surface area contributed by atoms with Gasteiger partial charge in [-0.15, -0.1) is 11.3 Å². The molecule has 0 aliphatic carbocycles. The van der Waals surface area contributed by atoms with Crippen molar-refractivity contribution in [3.05, 3.63) is 50.4 Å². The molecular weight excluding hydrogens is 372 g/mol. The molecule has 0 unspecified atom stereocenters. The second-order valence-corrected chi connectivity index (χ2v) is 6.68. The lowest BCUT2D eigenvalue weighted by atomic mass is 10.1. The SMILES string of the molecule is Cc1c(C(=O)N(C)C)sc(NC(=O)COc2ccc([N+](=O)[O-])cc2)c1C#N. The van der Waals surface area contributed by atoms with E-state index in [0.29, 0.717) is 16.2 Å². The molecule has 1 aromatic heterocycles. The highest BCUT2D eigenvalue weighted by atomic mass is 32.1. The predicted molar refractivity (Wildman–Crippen MR) is 99.0 cm³/mol. The zero-order chi connectivity index (χ0) is 20.1. The van der Waals surface area contributed by atoms with Gasteiger partial charge in [0.1, 0.15) is 16.8 Å². The smallest absolute Gasteiger partial charge is 0.269 e. The molecule has 0 saturated carbocycles. The summed E-state index contributed by atoms with van der Waals surface area (Å²) in [5.41, 5.74) is 0.652. The van der Waals surface area contributed by atoms with E-state index in [2.05, 4.69) is 5.32 Å². The third-order valence-corrected chi connectivity index (χ3v) is 4.72. The van der Waals surface area contributed by atoms with Crippen LogP contribution in [0.3, 0.4) is 0 Å². The summed E-state index contributed by atoms with van der Waals surface area (Å²) in [5.74, 6) is -0.478. The average Bonchev–Trinajstić information content (AvgIpc) is 2.94. The second kappa shape index (κ2) is 8.29. The Morgan fingerprint density at radius 1 is 1.33 bits per heavy atom. The summed E-state index contributed by atoms with van der Waals surface area (Å²) < 4.78 is 5.28. The highest BCUT2D eigenvalue weighted by Crippen LogP contribution is 2.33. The molecule has 2 aromatic rings. The molecule has 9 nitrogen and oxygen atoms in total. The molecule has 0 radical (unpaired) electrons. The molecule has 0 spiro atoms. The van der Waals surface area contributed by atoms with E-state index in [9.17, 15) is 25.0 Å². The summed E-state index contributed by atoms with van der Waals surface area (Å²) in [4.78, 5) is 36.1. The lowest BCUT2D eigenvalue weighted by Gasteiger charge is -2.08. The van der Waals surface area contributed by atoms with Crippen molar-refractivity contribution >= 4 is 33.8 Å². The van der Waals surface area contributed by atoms with Gasteiger partial charge >= 0.3 is 0 Å². The van der Waals surface area contributed by atoms with Crippen LogP contribution in [0.25, 0.3) is 0 Å². The van der Waals surface area contributed by atoms with Gasteiger partial charge in [-0.2, -0.15) is 5.26 Å². The van der Waals surface area contributed by atoms with Gasteiger partial charge in [0.2, 0.25) is 0 Å². The van der Waals surface area contributed by atoms with E-state index in [1.54, 1.807) is 21.0 Å². The van der Waals surface area contributed by atoms with Crippen LogP contribution >= 0.6 is 11.3 Å². The molecule has 27 heavy (non-hydrogen) atoms. The Labute approximate surface area is 158 Å². The molecular formula is C17H16N4O5S. The van der Waals surface area contributed by atoms with Crippen LogP contribution in [0.1, 0.15) is 20.8 Å². The highest BCUT2D eigenvalue weighted by molar-refractivity contribution is 7.18. The summed E-state index contributed by atoms with van der Waals surface area (Å²) in [6, 6.07) is 7.30. The minimum atomic E-state index is -0.536. The van der Waals surface area contributed by atoms with Crippen LogP contribution in [0.15, 0.2) is 24.3 Å². The topological polar surface area (TPSA) is 126 Å². The number of anilines is 1. The number of amides is 2. The Kier molecular flexibility index (Phi) is 6.10. The van der Waals surface area contributed by atoms with Crippen molar-refractivity contribution in [1.82, 2.24) is 4.90 Å². The number of benzene rings is 1. The lowest BCUT2D eigenvalue weighted by molar-refractivity contribution is -0.384. The number of hydrogen-bond acceptors (Lipinski definition) is 7. The Bertz CT molecular complexity index is 928. The van der Waals surface area contributed by atoms with E-state index in [4.69, 9.17) is 4.74 Å². The molecule has 0 saturated heterocycles. The van der Waals surface area contributed by atoms with E-state index in [0.717, 1.165) is 11.3 Å². The molecule has 1 heterocycles. The Morgan fingerprint density at radius 2 is 1.96 bits per heavy atom. The fourth-order valence-corrected chi connectivity index (χ4v) is 3.31. The third kappa shape index (κ3) is 4.59. The number of nitro benzene ring substituents is 1. The first-order valence-corrected chi connectivity index (χ1v) is 8.48. The van der Waals surface area contributed by atoms with Gasteiger partial charge in [-0.1, -0.05) is 0 Å². The maximum absolute atomic E-state index is 12.2. The third-order valence-electron chi connectivity index (χ3n) is 3.53. The number of nitro groups is 1. The Balaban J connectivity index is 2.07. The van der Waals surface area contributed by atoms with Gasteiger partial charge in [0.25, 0.3) is 17.5 Å². The molecule has 1 N–H and O–H groups in total. The number of nitriles is 1. The molecule has 140 valence electrons. The van der Waals surface area contributed by atoms with Gasteiger partial charge in [0, 0.05) is 26.2 Å². The maximum atomic E-state index is 12.2. The molecule has 2 rings (SSSR count). The normalized spacial score (nSPS) is 10.0. The van der Waals surface area contributed by atoms with E-state index >= 15 is 0 Å². The van der Waals surface area contributed by atoms with Gasteiger partial charge in [0.05, 0.1) is 15.4 Å². The largest absolute Gasteiger partial charge is 0.484 e. The molecule has 0 bridgehead atoms. The van der Waals surface area contributed by atoms with Crippen LogP contribution in [0.5, 0.6) is 5.75 Å². The number of nitrogens with zero attached hydrogens (tertiary/aromatic N) is 3. The summed E-state index contributed by atoms with van der Waals surface area (Å²) in [5, 5.41) is 22.8. The van der Waals surface area contributed by atoms with Crippen LogP contribution < -0.4 is 10.1 Å². The van der Waals surface area contributed by atoms with Gasteiger partial charge in [-0.3, -0.25) is 19.7 Å². The van der Waals surface area contributed by atoms with Crippen molar-refractivity contribution in [3.8, 4) is 11.8 Å². The Morgan fingerprint density at radius 3 is 2.48 bits per heavy atom.